The Labute approximate surface area is 85.9 Å². The zero-order valence-corrected chi connectivity index (χ0v) is 8.14. The molecule has 0 fully saturated rings. The monoisotopic (exact) mass is 207 g/mol. The minimum atomic E-state index is -0.340. The van der Waals surface area contributed by atoms with Gasteiger partial charge in [-0.1, -0.05) is 6.07 Å². The van der Waals surface area contributed by atoms with Crippen molar-refractivity contribution in [2.75, 3.05) is 0 Å². The van der Waals surface area contributed by atoms with Gasteiger partial charge in [0.15, 0.2) is 0 Å². The number of hydrogen-bond donors (Lipinski definition) is 1. The van der Waals surface area contributed by atoms with Crippen LogP contribution < -0.4 is 5.73 Å². The van der Waals surface area contributed by atoms with Gasteiger partial charge in [-0.05, 0) is 25.1 Å². The van der Waals surface area contributed by atoms with Crippen LogP contribution in [0.3, 0.4) is 0 Å². The van der Waals surface area contributed by atoms with E-state index in [-0.39, 0.29) is 17.7 Å². The fourth-order valence-electron chi connectivity index (χ4n) is 1.16. The van der Waals surface area contributed by atoms with Crippen molar-refractivity contribution in [3.63, 3.8) is 0 Å². The molecule has 0 aliphatic rings. The Kier molecular flexibility index (Phi) is 2.47. The number of rotatable bonds is 2. The molecular formula is C10H10FN3O. The van der Waals surface area contributed by atoms with Gasteiger partial charge in [0.2, 0.25) is 11.8 Å². The van der Waals surface area contributed by atoms with Crippen molar-refractivity contribution in [3.8, 4) is 11.5 Å². The van der Waals surface area contributed by atoms with Crippen molar-refractivity contribution in [2.24, 2.45) is 5.73 Å². The minimum absolute atomic E-state index is 0.279. The number of aromatic nitrogens is 2. The first-order valence-corrected chi connectivity index (χ1v) is 4.52. The molecule has 0 saturated carbocycles. The van der Waals surface area contributed by atoms with E-state index in [1.54, 1.807) is 19.1 Å². The second kappa shape index (κ2) is 3.78. The van der Waals surface area contributed by atoms with E-state index < -0.39 is 0 Å². The molecule has 0 bridgehead atoms. The van der Waals surface area contributed by atoms with Crippen LogP contribution in [0.15, 0.2) is 28.7 Å². The first kappa shape index (κ1) is 9.79. The SMILES string of the molecule is C[C@H](N)c1nnc(-c2cccc(F)c2)o1. The molecule has 4 nitrogen and oxygen atoms in total. The molecule has 2 N–H and O–H groups in total. The highest BCUT2D eigenvalue weighted by Crippen LogP contribution is 2.20. The number of nitrogens with zero attached hydrogens (tertiary/aromatic N) is 2. The summed E-state index contributed by atoms with van der Waals surface area (Å²) in [6.45, 7) is 1.74. The molecule has 0 radical (unpaired) electrons. The zero-order chi connectivity index (χ0) is 10.8. The molecule has 0 aliphatic heterocycles. The Morgan fingerprint density at radius 2 is 2.20 bits per heavy atom. The summed E-state index contributed by atoms with van der Waals surface area (Å²) < 4.78 is 18.2. The van der Waals surface area contributed by atoms with Gasteiger partial charge in [0.05, 0.1) is 6.04 Å². The van der Waals surface area contributed by atoms with Crippen LogP contribution >= 0.6 is 0 Å². The number of halogens is 1. The summed E-state index contributed by atoms with van der Waals surface area (Å²) in [5.74, 6) is 0.282. The quantitative estimate of drug-likeness (QED) is 0.816. The van der Waals surface area contributed by atoms with Gasteiger partial charge in [0.1, 0.15) is 5.82 Å². The predicted molar refractivity (Wildman–Crippen MR) is 52.3 cm³/mol. The lowest BCUT2D eigenvalue weighted by atomic mass is 10.2. The van der Waals surface area contributed by atoms with Crippen LogP contribution in [0.2, 0.25) is 0 Å². The van der Waals surface area contributed by atoms with Gasteiger partial charge in [0.25, 0.3) is 0 Å². The maximum atomic E-state index is 12.9. The molecule has 1 aromatic carbocycles. The lowest BCUT2D eigenvalue weighted by molar-refractivity contribution is 0.473. The van der Waals surface area contributed by atoms with Gasteiger partial charge < -0.3 is 10.2 Å². The van der Waals surface area contributed by atoms with Crippen LogP contribution in [0.25, 0.3) is 11.5 Å². The van der Waals surface area contributed by atoms with E-state index in [9.17, 15) is 4.39 Å². The van der Waals surface area contributed by atoms with E-state index in [1.165, 1.54) is 12.1 Å². The maximum Gasteiger partial charge on any atom is 0.247 e. The van der Waals surface area contributed by atoms with E-state index in [1.807, 2.05) is 0 Å². The van der Waals surface area contributed by atoms with Gasteiger partial charge in [-0.15, -0.1) is 10.2 Å². The third-order valence-corrected chi connectivity index (χ3v) is 1.90. The van der Waals surface area contributed by atoms with Crippen LogP contribution in [0.4, 0.5) is 4.39 Å². The summed E-state index contributed by atoms with van der Waals surface area (Å²) >= 11 is 0. The van der Waals surface area contributed by atoms with Gasteiger partial charge in [0, 0.05) is 5.56 Å². The standard InChI is InChI=1S/C10H10FN3O/c1-6(12)9-13-14-10(15-9)7-3-2-4-8(11)5-7/h2-6H,12H2,1H3/t6-/m0/s1. The fraction of sp³-hybridized carbons (Fsp3) is 0.200. The van der Waals surface area contributed by atoms with E-state index in [0.29, 0.717) is 11.5 Å². The Hall–Kier alpha value is -1.75. The van der Waals surface area contributed by atoms with E-state index in [0.717, 1.165) is 0 Å². The lowest BCUT2D eigenvalue weighted by Gasteiger charge is -1.96. The minimum Gasteiger partial charge on any atom is -0.419 e. The molecule has 1 heterocycles. The highest BCUT2D eigenvalue weighted by Gasteiger charge is 2.11. The Balaban J connectivity index is 2.37. The summed E-state index contributed by atoms with van der Waals surface area (Å²) in [5.41, 5.74) is 6.12. The van der Waals surface area contributed by atoms with Crippen LogP contribution in [-0.2, 0) is 0 Å². The van der Waals surface area contributed by atoms with Crippen LogP contribution in [0, 0.1) is 5.82 Å². The largest absolute Gasteiger partial charge is 0.419 e. The average molecular weight is 207 g/mol. The van der Waals surface area contributed by atoms with E-state index >= 15 is 0 Å². The Morgan fingerprint density at radius 1 is 1.40 bits per heavy atom. The summed E-state index contributed by atoms with van der Waals surface area (Å²) in [5, 5.41) is 7.54. The van der Waals surface area contributed by atoms with Crippen molar-refractivity contribution in [1.82, 2.24) is 10.2 Å². The summed E-state index contributed by atoms with van der Waals surface area (Å²) in [4.78, 5) is 0. The van der Waals surface area contributed by atoms with Crippen molar-refractivity contribution in [2.45, 2.75) is 13.0 Å². The summed E-state index contributed by atoms with van der Waals surface area (Å²) in [7, 11) is 0. The molecule has 0 spiro atoms. The van der Waals surface area contributed by atoms with Crippen molar-refractivity contribution in [3.05, 3.63) is 36.0 Å². The smallest absolute Gasteiger partial charge is 0.247 e. The van der Waals surface area contributed by atoms with E-state index in [4.69, 9.17) is 10.2 Å². The van der Waals surface area contributed by atoms with Crippen LogP contribution in [0.5, 0.6) is 0 Å². The second-order valence-corrected chi connectivity index (χ2v) is 3.24. The number of hydrogen-bond acceptors (Lipinski definition) is 4. The summed E-state index contributed by atoms with van der Waals surface area (Å²) in [6.07, 6.45) is 0. The van der Waals surface area contributed by atoms with Crippen molar-refractivity contribution >= 4 is 0 Å². The van der Waals surface area contributed by atoms with Crippen molar-refractivity contribution in [1.29, 1.82) is 0 Å². The van der Waals surface area contributed by atoms with Gasteiger partial charge in [-0.2, -0.15) is 0 Å². The van der Waals surface area contributed by atoms with Gasteiger partial charge >= 0.3 is 0 Å². The molecule has 15 heavy (non-hydrogen) atoms. The third-order valence-electron chi connectivity index (χ3n) is 1.90. The molecule has 2 aromatic rings. The molecular weight excluding hydrogens is 197 g/mol. The van der Waals surface area contributed by atoms with E-state index in [2.05, 4.69) is 10.2 Å². The first-order valence-electron chi connectivity index (χ1n) is 4.52. The number of benzene rings is 1. The molecule has 0 saturated heterocycles. The highest BCUT2D eigenvalue weighted by molar-refractivity contribution is 5.52. The topological polar surface area (TPSA) is 64.9 Å². The van der Waals surface area contributed by atoms with Crippen LogP contribution in [-0.4, -0.2) is 10.2 Å². The van der Waals surface area contributed by atoms with Crippen LogP contribution in [0.1, 0.15) is 18.9 Å². The lowest BCUT2D eigenvalue weighted by Crippen LogP contribution is -2.04. The molecule has 0 aliphatic carbocycles. The summed E-state index contributed by atoms with van der Waals surface area (Å²) in [6, 6.07) is 5.65. The zero-order valence-electron chi connectivity index (χ0n) is 8.14. The molecule has 0 amide bonds. The van der Waals surface area contributed by atoms with Gasteiger partial charge in [-0.3, -0.25) is 0 Å². The number of nitrogens with two attached hydrogens (primary N) is 1. The molecule has 5 heteroatoms. The van der Waals surface area contributed by atoms with Gasteiger partial charge in [-0.25, -0.2) is 4.39 Å². The average Bonchev–Trinajstić information content (AvgIpc) is 2.66. The molecule has 1 aromatic heterocycles. The Morgan fingerprint density at radius 3 is 2.80 bits per heavy atom. The molecule has 78 valence electrons. The molecule has 2 rings (SSSR count). The fourth-order valence-corrected chi connectivity index (χ4v) is 1.16. The first-order chi connectivity index (χ1) is 7.16. The maximum absolute atomic E-state index is 12.9. The normalized spacial score (nSPS) is 12.7. The predicted octanol–water partition coefficient (Wildman–Crippen LogP) is 1.90. The highest BCUT2D eigenvalue weighted by atomic mass is 19.1. The third kappa shape index (κ3) is 2.02. The van der Waals surface area contributed by atoms with Crippen molar-refractivity contribution < 1.29 is 8.81 Å². The molecule has 1 atom stereocenters. The second-order valence-electron chi connectivity index (χ2n) is 3.24. The molecule has 0 unspecified atom stereocenters. The Bertz CT molecular complexity index is 467.